The van der Waals surface area contributed by atoms with E-state index in [1.807, 2.05) is 42.5 Å². The molecular weight excluding hydrogens is 510 g/mol. The minimum atomic E-state index is -0.251. The molecule has 0 aliphatic heterocycles. The van der Waals surface area contributed by atoms with Crippen LogP contribution < -0.4 is 5.32 Å². The quantitative estimate of drug-likeness (QED) is 0.150. The number of fused-ring (bicyclic) bond motifs is 1. The number of nitrogens with zero attached hydrogens (tertiary/aromatic N) is 1. The van der Waals surface area contributed by atoms with Gasteiger partial charge in [0.25, 0.3) is 5.91 Å². The van der Waals surface area contributed by atoms with E-state index in [2.05, 4.69) is 28.8 Å². The third-order valence-electron chi connectivity index (χ3n) is 6.71. The Labute approximate surface area is 231 Å². The second-order valence-electron chi connectivity index (χ2n) is 9.35. The van der Waals surface area contributed by atoms with Gasteiger partial charge in [-0.25, -0.2) is 4.98 Å². The molecule has 4 aromatic carbocycles. The highest BCUT2D eigenvalue weighted by Gasteiger charge is 2.21. The zero-order valence-corrected chi connectivity index (χ0v) is 22.2. The molecule has 1 aromatic heterocycles. The van der Waals surface area contributed by atoms with Gasteiger partial charge in [0.15, 0.2) is 0 Å². The van der Waals surface area contributed by atoms with Gasteiger partial charge in [0.1, 0.15) is 22.8 Å². The maximum Gasteiger partial charge on any atom is 0.251 e. The number of carbonyl (C=O) groups excluding carboxylic acids is 1. The Morgan fingerprint density at radius 3 is 2.51 bits per heavy atom. The summed E-state index contributed by atoms with van der Waals surface area (Å²) in [4.78, 5) is 21.2. The lowest BCUT2D eigenvalue weighted by molar-refractivity contribution is 0.0934. The van der Waals surface area contributed by atoms with Crippen molar-refractivity contribution in [3.05, 3.63) is 113 Å². The second-order valence-corrected chi connectivity index (χ2v) is 9.76. The zero-order valence-electron chi connectivity index (χ0n) is 21.4. The first kappa shape index (κ1) is 26.1. The van der Waals surface area contributed by atoms with Crippen LogP contribution in [0.4, 0.5) is 0 Å². The molecule has 0 spiro atoms. The van der Waals surface area contributed by atoms with E-state index in [4.69, 9.17) is 11.6 Å². The molecule has 39 heavy (non-hydrogen) atoms. The van der Waals surface area contributed by atoms with Crippen molar-refractivity contribution in [3.8, 4) is 28.3 Å². The van der Waals surface area contributed by atoms with Gasteiger partial charge in [-0.15, -0.1) is 0 Å². The molecule has 0 bridgehead atoms. The monoisotopic (exact) mass is 537 g/mol. The molecule has 6 nitrogen and oxygen atoms in total. The van der Waals surface area contributed by atoms with E-state index in [1.54, 1.807) is 42.5 Å². The van der Waals surface area contributed by atoms with Gasteiger partial charge in [-0.05, 0) is 47.9 Å². The summed E-state index contributed by atoms with van der Waals surface area (Å²) in [6.07, 6.45) is 1.70. The number of nitrogens with one attached hydrogen (secondary N) is 2. The Hall–Kier alpha value is -4.55. The number of halogens is 1. The van der Waals surface area contributed by atoms with Crippen molar-refractivity contribution in [2.45, 2.75) is 25.8 Å². The first-order chi connectivity index (χ1) is 18.9. The number of aliphatic hydroxyl groups excluding tert-OH is 1. The SMILES string of the molecule is C=C(O)c1cc(C(=O)N[C@H](CCC)c2ccccc2)ccc1-c1c(Cl)cccc1-c1nc2c(O)cccc2[nH]1. The smallest absolute Gasteiger partial charge is 0.251 e. The molecule has 4 N–H and O–H groups in total. The average Bonchev–Trinajstić information content (AvgIpc) is 3.38. The Morgan fingerprint density at radius 1 is 1.03 bits per heavy atom. The summed E-state index contributed by atoms with van der Waals surface area (Å²) in [7, 11) is 0. The molecule has 0 aliphatic carbocycles. The molecular formula is C32H28ClN3O3. The number of aromatic amines is 1. The van der Waals surface area contributed by atoms with E-state index in [0.717, 1.165) is 18.4 Å². The van der Waals surface area contributed by atoms with Crippen molar-refractivity contribution < 1.29 is 15.0 Å². The lowest BCUT2D eigenvalue weighted by Crippen LogP contribution is -2.28. The van der Waals surface area contributed by atoms with Gasteiger partial charge >= 0.3 is 0 Å². The van der Waals surface area contributed by atoms with Gasteiger partial charge in [-0.1, -0.05) is 86.1 Å². The summed E-state index contributed by atoms with van der Waals surface area (Å²) in [5, 5.41) is 24.4. The lowest BCUT2D eigenvalue weighted by atomic mass is 9.92. The van der Waals surface area contributed by atoms with Gasteiger partial charge < -0.3 is 20.5 Å². The molecule has 0 aliphatic rings. The number of phenolic OH excluding ortho intramolecular Hbond substituents is 1. The summed E-state index contributed by atoms with van der Waals surface area (Å²) in [5.41, 5.74) is 4.80. The fraction of sp³-hybridized carbons (Fsp3) is 0.125. The van der Waals surface area contributed by atoms with Crippen LogP contribution in [0.5, 0.6) is 5.75 Å². The molecule has 1 heterocycles. The third kappa shape index (κ3) is 5.24. The van der Waals surface area contributed by atoms with Crippen molar-refractivity contribution in [1.29, 1.82) is 0 Å². The van der Waals surface area contributed by atoms with E-state index < -0.39 is 0 Å². The minimum Gasteiger partial charge on any atom is -0.508 e. The number of rotatable bonds is 8. The van der Waals surface area contributed by atoms with E-state index in [0.29, 0.717) is 49.7 Å². The Bertz CT molecular complexity index is 1680. The maximum absolute atomic E-state index is 13.3. The maximum atomic E-state index is 13.3. The number of imidazole rings is 1. The molecule has 7 heteroatoms. The van der Waals surface area contributed by atoms with E-state index in [9.17, 15) is 15.0 Å². The van der Waals surface area contributed by atoms with Crippen molar-refractivity contribution in [2.75, 3.05) is 0 Å². The van der Waals surface area contributed by atoms with Crippen LogP contribution in [0, 0.1) is 0 Å². The van der Waals surface area contributed by atoms with Gasteiger partial charge in [0, 0.05) is 27.3 Å². The number of para-hydroxylation sites is 1. The van der Waals surface area contributed by atoms with Gasteiger partial charge in [0.2, 0.25) is 0 Å². The molecule has 0 radical (unpaired) electrons. The number of phenols is 1. The summed E-state index contributed by atoms with van der Waals surface area (Å²) in [6.45, 7) is 5.83. The first-order valence-electron chi connectivity index (χ1n) is 12.7. The van der Waals surface area contributed by atoms with E-state index in [1.165, 1.54) is 0 Å². The van der Waals surface area contributed by atoms with Gasteiger partial charge in [-0.3, -0.25) is 4.79 Å². The van der Waals surface area contributed by atoms with Crippen LogP contribution in [0.25, 0.3) is 39.3 Å². The largest absolute Gasteiger partial charge is 0.508 e. The van der Waals surface area contributed by atoms with Crippen molar-refractivity contribution in [1.82, 2.24) is 15.3 Å². The zero-order chi connectivity index (χ0) is 27.5. The highest BCUT2D eigenvalue weighted by Crippen LogP contribution is 2.41. The second kappa shape index (κ2) is 11.1. The number of carbonyl (C=O) groups is 1. The topological polar surface area (TPSA) is 98.2 Å². The molecule has 0 saturated heterocycles. The highest BCUT2D eigenvalue weighted by molar-refractivity contribution is 6.34. The van der Waals surface area contributed by atoms with Crippen molar-refractivity contribution >= 4 is 34.3 Å². The number of amides is 1. The predicted octanol–water partition coefficient (Wildman–Crippen LogP) is 8.06. The van der Waals surface area contributed by atoms with Gasteiger partial charge in [-0.2, -0.15) is 0 Å². The van der Waals surface area contributed by atoms with Crippen LogP contribution in [-0.4, -0.2) is 26.1 Å². The molecule has 1 amide bonds. The number of aromatic hydroxyl groups is 1. The molecule has 0 saturated carbocycles. The van der Waals surface area contributed by atoms with Crippen LogP contribution in [0.3, 0.4) is 0 Å². The van der Waals surface area contributed by atoms with Crippen molar-refractivity contribution in [2.24, 2.45) is 0 Å². The summed E-state index contributed by atoms with van der Waals surface area (Å²) < 4.78 is 0. The molecule has 5 rings (SSSR count). The Kier molecular flexibility index (Phi) is 7.39. The molecule has 0 unspecified atom stereocenters. The number of benzene rings is 4. The normalized spacial score (nSPS) is 11.8. The minimum absolute atomic E-state index is 0.0650. The third-order valence-corrected chi connectivity index (χ3v) is 7.02. The fourth-order valence-corrected chi connectivity index (χ4v) is 5.10. The van der Waals surface area contributed by atoms with Crippen LogP contribution in [0.15, 0.2) is 91.5 Å². The highest BCUT2D eigenvalue weighted by atomic mass is 35.5. The number of H-pyrrole nitrogens is 1. The molecule has 196 valence electrons. The fourth-order valence-electron chi connectivity index (χ4n) is 4.82. The summed E-state index contributed by atoms with van der Waals surface area (Å²) in [6, 6.07) is 25.4. The van der Waals surface area contributed by atoms with Crippen LogP contribution in [0.1, 0.15) is 47.3 Å². The summed E-state index contributed by atoms with van der Waals surface area (Å²) >= 11 is 6.71. The molecule has 5 aromatic rings. The number of aromatic nitrogens is 2. The Morgan fingerprint density at radius 2 is 1.79 bits per heavy atom. The lowest BCUT2D eigenvalue weighted by Gasteiger charge is -2.20. The molecule has 1 atom stereocenters. The predicted molar refractivity (Wildman–Crippen MR) is 157 cm³/mol. The van der Waals surface area contributed by atoms with Crippen LogP contribution in [0.2, 0.25) is 5.02 Å². The van der Waals surface area contributed by atoms with Crippen LogP contribution >= 0.6 is 11.6 Å². The summed E-state index contributed by atoms with van der Waals surface area (Å²) in [5.74, 6) is 0.125. The van der Waals surface area contributed by atoms with E-state index in [-0.39, 0.29) is 23.5 Å². The Balaban J connectivity index is 1.56. The van der Waals surface area contributed by atoms with Crippen LogP contribution in [-0.2, 0) is 0 Å². The van der Waals surface area contributed by atoms with Gasteiger partial charge in [0.05, 0.1) is 11.6 Å². The number of hydrogen-bond donors (Lipinski definition) is 4. The molecule has 0 fully saturated rings. The van der Waals surface area contributed by atoms with E-state index >= 15 is 0 Å². The number of hydrogen-bond acceptors (Lipinski definition) is 4. The average molecular weight is 538 g/mol. The van der Waals surface area contributed by atoms with Crippen molar-refractivity contribution in [3.63, 3.8) is 0 Å². The number of aliphatic hydroxyl groups is 1. The standard InChI is InChI=1S/C32H28ClN3O3/c1-3-9-26(20-10-5-4-6-11-20)35-32(39)21-16-17-22(24(18-21)19(2)37)29-23(12-7-13-25(29)33)31-34-27-14-8-15-28(38)30(27)36-31/h4-8,10-18,26,37-38H,2-3,9H2,1H3,(H,34,36)(H,35,39)/t26-/m1/s1. The first-order valence-corrected chi connectivity index (χ1v) is 13.1.